The van der Waals surface area contributed by atoms with Crippen LogP contribution >= 0.6 is 0 Å². The second-order valence-corrected chi connectivity index (χ2v) is 4.38. The number of nitrogens with two attached hydrogens (primary N) is 2. The van der Waals surface area contributed by atoms with E-state index in [1.807, 2.05) is 48.5 Å². The van der Waals surface area contributed by atoms with Gasteiger partial charge in [-0.25, -0.2) is 0 Å². The maximum atomic E-state index is 9.00. The zero-order chi connectivity index (χ0) is 13.5. The zero-order valence-corrected chi connectivity index (χ0v) is 10.8. The van der Waals surface area contributed by atoms with E-state index in [0.717, 1.165) is 17.4 Å². The van der Waals surface area contributed by atoms with Gasteiger partial charge in [0.15, 0.2) is 0 Å². The van der Waals surface area contributed by atoms with Crippen molar-refractivity contribution in [3.05, 3.63) is 48.5 Å². The van der Waals surface area contributed by atoms with Gasteiger partial charge in [-0.3, -0.25) is 4.21 Å². The van der Waals surface area contributed by atoms with E-state index >= 15 is 0 Å². The first-order chi connectivity index (χ1) is 8.52. The molecule has 0 saturated carbocycles. The minimum atomic E-state index is -1.86. The highest BCUT2D eigenvalue weighted by Gasteiger charge is 2.03. The van der Waals surface area contributed by atoms with Crippen molar-refractivity contribution in [3.63, 3.8) is 0 Å². The lowest BCUT2D eigenvalue weighted by Gasteiger charge is -2.07. The first-order valence-corrected chi connectivity index (χ1v) is 6.71. The van der Waals surface area contributed by atoms with Gasteiger partial charge in [-0.05, 0) is 17.9 Å². The molecule has 0 heterocycles. The first kappa shape index (κ1) is 14.2. The van der Waals surface area contributed by atoms with Gasteiger partial charge in [0.1, 0.15) is 0 Å². The second kappa shape index (κ2) is 6.78. The van der Waals surface area contributed by atoms with Crippen molar-refractivity contribution >= 4 is 22.5 Å². The monoisotopic (exact) mass is 263 g/mol. The number of para-hydroxylation sites is 1. The van der Waals surface area contributed by atoms with Crippen LogP contribution in [0.25, 0.3) is 11.1 Å². The Hall–Kier alpha value is -1.85. The third-order valence-electron chi connectivity index (χ3n) is 2.22. The normalized spacial score (nSPS) is 11.2. The summed E-state index contributed by atoms with van der Waals surface area (Å²) in [6.07, 6.45) is 1.08. The summed E-state index contributed by atoms with van der Waals surface area (Å²) in [4.78, 5) is 0. The molecule has 0 aliphatic heterocycles. The maximum absolute atomic E-state index is 9.00. The Labute approximate surface area is 109 Å². The van der Waals surface area contributed by atoms with Gasteiger partial charge in [-0.2, -0.15) is 0 Å². The predicted molar refractivity (Wildman–Crippen MR) is 75.5 cm³/mol. The van der Waals surface area contributed by atoms with Gasteiger partial charge in [0.2, 0.25) is 0 Å². The van der Waals surface area contributed by atoms with Crippen LogP contribution in [0, 0.1) is 0 Å². The molecule has 0 amide bonds. The molecule has 2 aromatic carbocycles. The second-order valence-electron chi connectivity index (χ2n) is 3.58. The van der Waals surface area contributed by atoms with Gasteiger partial charge < -0.3 is 16.0 Å². The largest absolute Gasteiger partial charge is 0.773 e. The molecule has 2 rings (SSSR count). The van der Waals surface area contributed by atoms with Gasteiger partial charge in [0, 0.05) is 5.56 Å². The molecule has 18 heavy (non-hydrogen) atoms. The smallest absolute Gasteiger partial charge is 0.0627 e. The van der Waals surface area contributed by atoms with Gasteiger partial charge in [0.05, 0.1) is 11.4 Å². The third kappa shape index (κ3) is 4.20. The number of rotatable bonds is 1. The Morgan fingerprint density at radius 1 is 1.00 bits per heavy atom. The van der Waals surface area contributed by atoms with Gasteiger partial charge in [-0.1, -0.05) is 53.5 Å². The minimum absolute atomic E-state index is 0.631. The maximum Gasteiger partial charge on any atom is 0.0627 e. The van der Waals surface area contributed by atoms with E-state index in [1.165, 1.54) is 0 Å². The fourth-order valence-electron chi connectivity index (χ4n) is 1.45. The Morgan fingerprint density at radius 3 is 2.11 bits per heavy atom. The molecule has 0 aliphatic rings. The van der Waals surface area contributed by atoms with Crippen molar-refractivity contribution < 1.29 is 8.76 Å². The molecule has 0 fully saturated rings. The molecule has 0 aromatic heterocycles. The van der Waals surface area contributed by atoms with Crippen molar-refractivity contribution in [1.29, 1.82) is 0 Å². The van der Waals surface area contributed by atoms with Crippen molar-refractivity contribution in [2.24, 2.45) is 0 Å². The standard InChI is InChI=1S/C12H12N2.CH4O2S/c13-11-8-4-7-10(12(11)14)9-5-2-1-3-6-9;1-4(2)3/h1-8H,13-14H2;1H3,(H,2,3)/p-1. The van der Waals surface area contributed by atoms with Gasteiger partial charge in [0.25, 0.3) is 0 Å². The molecule has 0 spiro atoms. The van der Waals surface area contributed by atoms with Crippen LogP contribution in [0.15, 0.2) is 48.5 Å². The Morgan fingerprint density at radius 2 is 1.56 bits per heavy atom. The van der Waals surface area contributed by atoms with E-state index in [-0.39, 0.29) is 0 Å². The van der Waals surface area contributed by atoms with E-state index in [1.54, 1.807) is 0 Å². The fraction of sp³-hybridized carbons (Fsp3) is 0.0769. The topological polar surface area (TPSA) is 92.2 Å². The van der Waals surface area contributed by atoms with Crippen LogP contribution in [0.1, 0.15) is 0 Å². The number of benzene rings is 2. The summed E-state index contributed by atoms with van der Waals surface area (Å²) >= 11 is -1.86. The summed E-state index contributed by atoms with van der Waals surface area (Å²) < 4.78 is 18.0. The minimum Gasteiger partial charge on any atom is -0.773 e. The fourth-order valence-corrected chi connectivity index (χ4v) is 1.45. The van der Waals surface area contributed by atoms with E-state index in [4.69, 9.17) is 20.2 Å². The van der Waals surface area contributed by atoms with E-state index in [2.05, 4.69) is 0 Å². The summed E-state index contributed by atoms with van der Waals surface area (Å²) in [5, 5.41) is 0. The molecule has 0 radical (unpaired) electrons. The highest BCUT2D eigenvalue weighted by atomic mass is 32.2. The van der Waals surface area contributed by atoms with Crippen LogP contribution in [0.3, 0.4) is 0 Å². The van der Waals surface area contributed by atoms with Crippen LogP contribution in [0.5, 0.6) is 0 Å². The molecule has 0 saturated heterocycles. The third-order valence-corrected chi connectivity index (χ3v) is 2.22. The molecule has 1 unspecified atom stereocenters. The number of anilines is 2. The van der Waals surface area contributed by atoms with Crippen LogP contribution in [0.4, 0.5) is 11.4 Å². The average molecular weight is 263 g/mol. The summed E-state index contributed by atoms with van der Waals surface area (Å²) in [5.41, 5.74) is 15.0. The van der Waals surface area contributed by atoms with Crippen molar-refractivity contribution in [3.8, 4) is 11.1 Å². The summed E-state index contributed by atoms with van der Waals surface area (Å²) in [6.45, 7) is 0. The Bertz CT molecular complexity index is 526. The molecule has 1 atom stereocenters. The molecule has 4 N–H and O–H groups in total. The van der Waals surface area contributed by atoms with Crippen molar-refractivity contribution in [2.75, 3.05) is 17.7 Å². The van der Waals surface area contributed by atoms with Crippen molar-refractivity contribution in [1.82, 2.24) is 0 Å². The molecule has 4 nitrogen and oxygen atoms in total. The van der Waals surface area contributed by atoms with Crippen LogP contribution in [-0.2, 0) is 11.1 Å². The SMILES string of the molecule is CS(=O)[O-].Nc1cccc(-c2ccccc2)c1N. The lowest BCUT2D eigenvalue weighted by Crippen LogP contribution is -1.96. The molecule has 5 heteroatoms. The van der Waals surface area contributed by atoms with Crippen LogP contribution in [-0.4, -0.2) is 15.0 Å². The predicted octanol–water partition coefficient (Wildman–Crippen LogP) is 2.01. The molecule has 2 aromatic rings. The quantitative estimate of drug-likeness (QED) is 0.608. The zero-order valence-electron chi connectivity index (χ0n) is 10.00. The summed E-state index contributed by atoms with van der Waals surface area (Å²) in [6, 6.07) is 15.7. The molecular weight excluding hydrogens is 248 g/mol. The van der Waals surface area contributed by atoms with E-state index < -0.39 is 11.1 Å². The summed E-state index contributed by atoms with van der Waals surface area (Å²) in [7, 11) is 0. The van der Waals surface area contributed by atoms with Crippen LogP contribution < -0.4 is 11.5 Å². The number of hydrogen-bond acceptors (Lipinski definition) is 4. The first-order valence-electron chi connectivity index (χ1n) is 5.22. The van der Waals surface area contributed by atoms with Gasteiger partial charge >= 0.3 is 0 Å². The number of nitrogen functional groups attached to an aromatic ring is 2. The van der Waals surface area contributed by atoms with Gasteiger partial charge in [-0.15, -0.1) is 0 Å². The van der Waals surface area contributed by atoms with E-state index in [0.29, 0.717) is 11.4 Å². The van der Waals surface area contributed by atoms with Crippen LogP contribution in [0.2, 0.25) is 0 Å². The molecule has 96 valence electrons. The Balaban J connectivity index is 0.000000357. The highest BCUT2D eigenvalue weighted by Crippen LogP contribution is 2.29. The lowest BCUT2D eigenvalue weighted by atomic mass is 10.0. The summed E-state index contributed by atoms with van der Waals surface area (Å²) in [5.74, 6) is 0. The van der Waals surface area contributed by atoms with Crippen molar-refractivity contribution in [2.45, 2.75) is 0 Å². The molecular formula is C13H15N2O2S-. The average Bonchev–Trinajstić information content (AvgIpc) is 2.33. The Kier molecular flexibility index (Phi) is 5.35. The lowest BCUT2D eigenvalue weighted by molar-refractivity contribution is 0.543. The molecule has 0 bridgehead atoms. The molecule has 0 aliphatic carbocycles. The highest BCUT2D eigenvalue weighted by molar-refractivity contribution is 7.78. The number of hydrogen-bond donors (Lipinski definition) is 2. The van der Waals surface area contributed by atoms with E-state index in [9.17, 15) is 0 Å².